The van der Waals surface area contributed by atoms with Gasteiger partial charge in [-0.2, -0.15) is 0 Å². The molecule has 3 rings (SSSR count). The van der Waals surface area contributed by atoms with E-state index in [4.69, 9.17) is 0 Å². The van der Waals surface area contributed by atoms with E-state index in [1.165, 1.54) is 27.6 Å². The van der Waals surface area contributed by atoms with Crippen LogP contribution in [0.3, 0.4) is 0 Å². The van der Waals surface area contributed by atoms with Crippen molar-refractivity contribution in [2.75, 3.05) is 5.32 Å². The van der Waals surface area contributed by atoms with E-state index in [-0.39, 0.29) is 6.04 Å². The van der Waals surface area contributed by atoms with E-state index in [0.29, 0.717) is 0 Å². The number of hydrogen-bond donors (Lipinski definition) is 1. The van der Waals surface area contributed by atoms with Crippen LogP contribution in [0.5, 0.6) is 0 Å². The number of aryl methyl sites for hydroxylation is 1. The van der Waals surface area contributed by atoms with Crippen LogP contribution in [0.4, 0.5) is 5.69 Å². The lowest BCUT2D eigenvalue weighted by Crippen LogP contribution is -2.08. The monoisotopic (exact) mass is 261 g/mol. The average Bonchev–Trinajstić information content (AvgIpc) is 2.49. The molecular weight excluding hydrogens is 242 g/mol. The molecule has 1 heteroatoms. The van der Waals surface area contributed by atoms with E-state index in [0.717, 1.165) is 0 Å². The molecule has 3 aromatic rings. The van der Waals surface area contributed by atoms with Crippen molar-refractivity contribution in [1.29, 1.82) is 0 Å². The van der Waals surface area contributed by atoms with Crippen molar-refractivity contribution < 1.29 is 0 Å². The molecule has 0 aliphatic heterocycles. The molecule has 0 fully saturated rings. The third kappa shape index (κ3) is 2.39. The van der Waals surface area contributed by atoms with Gasteiger partial charge >= 0.3 is 0 Å². The van der Waals surface area contributed by atoms with Gasteiger partial charge in [-0.25, -0.2) is 0 Å². The first-order chi connectivity index (χ1) is 9.75. The lowest BCUT2D eigenvalue weighted by molar-refractivity contribution is 0.892. The second-order valence-corrected chi connectivity index (χ2v) is 5.25. The van der Waals surface area contributed by atoms with Crippen molar-refractivity contribution in [2.24, 2.45) is 0 Å². The van der Waals surface area contributed by atoms with Crippen LogP contribution in [0.25, 0.3) is 10.8 Å². The predicted molar refractivity (Wildman–Crippen MR) is 87.2 cm³/mol. The van der Waals surface area contributed by atoms with Crippen LogP contribution < -0.4 is 5.32 Å². The Morgan fingerprint density at radius 2 is 1.50 bits per heavy atom. The first kappa shape index (κ1) is 12.7. The summed E-state index contributed by atoms with van der Waals surface area (Å²) in [4.78, 5) is 0. The van der Waals surface area contributed by atoms with Gasteiger partial charge in [0.2, 0.25) is 0 Å². The third-order valence-corrected chi connectivity index (χ3v) is 3.81. The topological polar surface area (TPSA) is 12.0 Å². The summed E-state index contributed by atoms with van der Waals surface area (Å²) in [5.41, 5.74) is 3.82. The minimum absolute atomic E-state index is 0.280. The van der Waals surface area contributed by atoms with Gasteiger partial charge in [-0.1, -0.05) is 60.7 Å². The summed E-state index contributed by atoms with van der Waals surface area (Å²) in [6.45, 7) is 4.35. The largest absolute Gasteiger partial charge is 0.378 e. The van der Waals surface area contributed by atoms with Crippen molar-refractivity contribution in [3.05, 3.63) is 77.9 Å². The van der Waals surface area contributed by atoms with E-state index in [1.807, 2.05) is 0 Å². The molecule has 0 saturated heterocycles. The fourth-order valence-electron chi connectivity index (χ4n) is 2.67. The van der Waals surface area contributed by atoms with Crippen LogP contribution in [0.15, 0.2) is 66.7 Å². The van der Waals surface area contributed by atoms with Gasteiger partial charge in [-0.05, 0) is 41.8 Å². The molecule has 0 radical (unpaired) electrons. The molecule has 0 bridgehead atoms. The molecular formula is C19H19N. The first-order valence-corrected chi connectivity index (χ1v) is 7.05. The molecule has 20 heavy (non-hydrogen) atoms. The number of nitrogens with one attached hydrogen (secondary N) is 1. The molecule has 3 aromatic carbocycles. The molecule has 0 unspecified atom stereocenters. The zero-order chi connectivity index (χ0) is 13.9. The fourth-order valence-corrected chi connectivity index (χ4v) is 2.67. The van der Waals surface area contributed by atoms with Gasteiger partial charge in [0.25, 0.3) is 0 Å². The number of fused-ring (bicyclic) bond motifs is 1. The lowest BCUT2D eigenvalue weighted by Gasteiger charge is -2.19. The molecule has 0 saturated carbocycles. The van der Waals surface area contributed by atoms with Crippen LogP contribution in [0.2, 0.25) is 0 Å². The molecule has 1 atom stereocenters. The summed E-state index contributed by atoms with van der Waals surface area (Å²) < 4.78 is 0. The van der Waals surface area contributed by atoms with E-state index in [2.05, 4.69) is 85.9 Å². The van der Waals surface area contributed by atoms with Gasteiger partial charge in [0.15, 0.2) is 0 Å². The molecule has 1 nitrogen and oxygen atoms in total. The summed E-state index contributed by atoms with van der Waals surface area (Å²) >= 11 is 0. The minimum Gasteiger partial charge on any atom is -0.378 e. The molecule has 0 aliphatic rings. The smallest absolute Gasteiger partial charge is 0.0491 e. The number of anilines is 1. The van der Waals surface area contributed by atoms with E-state index in [1.54, 1.807) is 0 Å². The van der Waals surface area contributed by atoms with Crippen LogP contribution in [-0.2, 0) is 0 Å². The van der Waals surface area contributed by atoms with E-state index in [9.17, 15) is 0 Å². The zero-order valence-electron chi connectivity index (χ0n) is 11.9. The molecule has 0 aromatic heterocycles. The van der Waals surface area contributed by atoms with Gasteiger partial charge in [0.1, 0.15) is 0 Å². The van der Waals surface area contributed by atoms with Crippen LogP contribution in [0, 0.1) is 6.92 Å². The highest BCUT2D eigenvalue weighted by Crippen LogP contribution is 2.27. The normalized spacial score (nSPS) is 12.3. The maximum Gasteiger partial charge on any atom is 0.0491 e. The van der Waals surface area contributed by atoms with Crippen LogP contribution in [0.1, 0.15) is 24.1 Å². The van der Waals surface area contributed by atoms with Gasteiger partial charge in [-0.3, -0.25) is 0 Å². The third-order valence-electron chi connectivity index (χ3n) is 3.81. The minimum atomic E-state index is 0.280. The molecule has 100 valence electrons. The summed E-state index contributed by atoms with van der Waals surface area (Å²) in [7, 11) is 0. The highest BCUT2D eigenvalue weighted by Gasteiger charge is 2.09. The summed E-state index contributed by atoms with van der Waals surface area (Å²) in [6, 6.07) is 23.8. The Balaban J connectivity index is 1.97. The maximum absolute atomic E-state index is 3.62. The van der Waals surface area contributed by atoms with Crippen molar-refractivity contribution in [2.45, 2.75) is 19.9 Å². The van der Waals surface area contributed by atoms with Crippen molar-refractivity contribution >= 4 is 16.5 Å². The summed E-state index contributed by atoms with van der Waals surface area (Å²) in [5.74, 6) is 0. The van der Waals surface area contributed by atoms with Crippen molar-refractivity contribution in [1.82, 2.24) is 0 Å². The molecule has 0 aliphatic carbocycles. The Morgan fingerprint density at radius 1 is 0.800 bits per heavy atom. The summed E-state index contributed by atoms with van der Waals surface area (Å²) in [6.07, 6.45) is 0. The standard InChI is InChI=1S/C19H19N/c1-14-8-3-6-13-19(14)20-15(2)17-12-7-10-16-9-4-5-11-18(16)17/h3-13,15,20H,1-2H3/t15-/m0/s1. The number of para-hydroxylation sites is 1. The number of rotatable bonds is 3. The molecule has 0 amide bonds. The Bertz CT molecular complexity index is 725. The van der Waals surface area contributed by atoms with E-state index >= 15 is 0 Å². The number of hydrogen-bond acceptors (Lipinski definition) is 1. The van der Waals surface area contributed by atoms with Gasteiger partial charge in [0.05, 0.1) is 0 Å². The second kappa shape index (κ2) is 5.38. The van der Waals surface area contributed by atoms with Gasteiger partial charge < -0.3 is 5.32 Å². The molecule has 0 spiro atoms. The fraction of sp³-hybridized carbons (Fsp3) is 0.158. The SMILES string of the molecule is Cc1ccccc1N[C@@H](C)c1cccc2ccccc12. The first-order valence-electron chi connectivity index (χ1n) is 7.05. The summed E-state index contributed by atoms with van der Waals surface area (Å²) in [5, 5.41) is 6.24. The Hall–Kier alpha value is -2.28. The molecule has 1 N–H and O–H groups in total. The Morgan fingerprint density at radius 3 is 2.35 bits per heavy atom. The van der Waals surface area contributed by atoms with Gasteiger partial charge in [-0.15, -0.1) is 0 Å². The van der Waals surface area contributed by atoms with Crippen LogP contribution >= 0.6 is 0 Å². The zero-order valence-corrected chi connectivity index (χ0v) is 11.9. The Kier molecular flexibility index (Phi) is 3.42. The second-order valence-electron chi connectivity index (χ2n) is 5.25. The van der Waals surface area contributed by atoms with E-state index < -0.39 is 0 Å². The predicted octanol–water partition coefficient (Wildman–Crippen LogP) is 5.32. The van der Waals surface area contributed by atoms with Crippen molar-refractivity contribution in [3.8, 4) is 0 Å². The van der Waals surface area contributed by atoms with Gasteiger partial charge in [0, 0.05) is 11.7 Å². The lowest BCUT2D eigenvalue weighted by atomic mass is 9.99. The maximum atomic E-state index is 3.62. The van der Waals surface area contributed by atoms with Crippen LogP contribution in [-0.4, -0.2) is 0 Å². The quantitative estimate of drug-likeness (QED) is 0.672. The number of benzene rings is 3. The highest BCUT2D eigenvalue weighted by molar-refractivity contribution is 5.86. The average molecular weight is 261 g/mol. The highest BCUT2D eigenvalue weighted by atomic mass is 14.9. The Labute approximate surface area is 120 Å². The van der Waals surface area contributed by atoms with Crippen molar-refractivity contribution in [3.63, 3.8) is 0 Å². The molecule has 0 heterocycles.